The number of nitro groups is 1. The number of likely N-dealkylation sites (N-methyl/N-ethyl adjacent to an activating group) is 1. The summed E-state index contributed by atoms with van der Waals surface area (Å²) >= 11 is 0. The molecule has 0 unspecified atom stereocenters. The number of ether oxygens (including phenoxy) is 3. The molecule has 10 heteroatoms. The topological polar surface area (TPSA) is 120 Å². The van der Waals surface area contributed by atoms with Crippen molar-refractivity contribution in [1.29, 1.82) is 0 Å². The second-order valence-electron chi connectivity index (χ2n) is 6.54. The monoisotopic (exact) mass is 415 g/mol. The third-order valence-corrected chi connectivity index (χ3v) is 4.48. The number of nitrogens with zero attached hydrogens (tertiary/aromatic N) is 2. The lowest BCUT2D eigenvalue weighted by atomic mass is 10.1. The fourth-order valence-corrected chi connectivity index (χ4v) is 2.89. The van der Waals surface area contributed by atoms with Crippen molar-refractivity contribution >= 4 is 23.3 Å². The first-order valence-electron chi connectivity index (χ1n) is 9.15. The van der Waals surface area contributed by atoms with E-state index < -0.39 is 23.4 Å². The lowest BCUT2D eigenvalue weighted by molar-refractivity contribution is -0.384. The van der Waals surface area contributed by atoms with Gasteiger partial charge in [0.25, 0.3) is 11.6 Å². The first-order chi connectivity index (χ1) is 14.4. The van der Waals surface area contributed by atoms with Crippen LogP contribution in [0.5, 0.6) is 11.5 Å². The number of benzene rings is 2. The summed E-state index contributed by atoms with van der Waals surface area (Å²) in [6.07, 6.45) is 0. The molecule has 0 aliphatic carbocycles. The van der Waals surface area contributed by atoms with E-state index in [1.54, 1.807) is 19.2 Å². The maximum absolute atomic E-state index is 12.3. The van der Waals surface area contributed by atoms with E-state index in [1.165, 1.54) is 24.1 Å². The number of anilines is 1. The summed E-state index contributed by atoms with van der Waals surface area (Å²) in [5.41, 5.74) is 0.837. The van der Waals surface area contributed by atoms with Gasteiger partial charge in [0.05, 0.1) is 10.5 Å². The van der Waals surface area contributed by atoms with Crippen LogP contribution in [0.3, 0.4) is 0 Å². The molecule has 0 atom stereocenters. The average molecular weight is 415 g/mol. The number of amides is 1. The summed E-state index contributed by atoms with van der Waals surface area (Å²) in [5.74, 6) is 0.0466. The molecule has 0 spiro atoms. The highest BCUT2D eigenvalue weighted by molar-refractivity contribution is 5.93. The Kier molecular flexibility index (Phi) is 6.35. The Balaban J connectivity index is 1.57. The van der Waals surface area contributed by atoms with Gasteiger partial charge in [-0.2, -0.15) is 0 Å². The predicted octanol–water partition coefficient (Wildman–Crippen LogP) is 2.22. The van der Waals surface area contributed by atoms with E-state index in [1.807, 2.05) is 6.07 Å². The molecule has 30 heavy (non-hydrogen) atoms. The Morgan fingerprint density at radius 2 is 1.90 bits per heavy atom. The lowest BCUT2D eigenvalue weighted by Crippen LogP contribution is -2.31. The molecule has 2 aromatic carbocycles. The molecule has 1 N–H and O–H groups in total. The van der Waals surface area contributed by atoms with E-state index in [9.17, 15) is 19.7 Å². The number of hydrogen-bond donors (Lipinski definition) is 1. The molecule has 0 saturated heterocycles. The van der Waals surface area contributed by atoms with Gasteiger partial charge in [-0.05, 0) is 29.8 Å². The molecular weight excluding hydrogens is 394 g/mol. The van der Waals surface area contributed by atoms with E-state index in [4.69, 9.17) is 14.2 Å². The molecule has 0 fully saturated rings. The zero-order valence-corrected chi connectivity index (χ0v) is 16.5. The number of nitrogens with one attached hydrogen (secondary N) is 1. The SMILES string of the molecule is CNc1ccc(C(=O)OCC(=O)N(C)Cc2ccc3c(c2)OCCO3)cc1[N+](=O)[O-]. The number of fused-ring (bicyclic) bond motifs is 1. The summed E-state index contributed by atoms with van der Waals surface area (Å²) in [6, 6.07) is 9.31. The molecule has 0 radical (unpaired) electrons. The fraction of sp³-hybridized carbons (Fsp3) is 0.300. The first kappa shape index (κ1) is 20.9. The number of nitro benzene ring substituents is 1. The molecule has 1 heterocycles. The maximum Gasteiger partial charge on any atom is 0.338 e. The van der Waals surface area contributed by atoms with Gasteiger partial charge in [0.2, 0.25) is 0 Å². The molecule has 1 aliphatic rings. The molecular formula is C20H21N3O7. The molecule has 0 saturated carbocycles. The summed E-state index contributed by atoms with van der Waals surface area (Å²) in [4.78, 5) is 36.4. The van der Waals surface area contributed by atoms with Crippen LogP contribution in [-0.2, 0) is 16.1 Å². The van der Waals surface area contributed by atoms with Crippen molar-refractivity contribution in [2.75, 3.05) is 39.2 Å². The van der Waals surface area contributed by atoms with Crippen LogP contribution in [0.25, 0.3) is 0 Å². The van der Waals surface area contributed by atoms with Gasteiger partial charge in [-0.1, -0.05) is 6.07 Å². The van der Waals surface area contributed by atoms with Crippen LogP contribution >= 0.6 is 0 Å². The van der Waals surface area contributed by atoms with E-state index in [0.29, 0.717) is 24.7 Å². The third kappa shape index (κ3) is 4.77. The number of hydrogen-bond acceptors (Lipinski definition) is 8. The van der Waals surface area contributed by atoms with Crippen molar-refractivity contribution in [3.05, 3.63) is 57.6 Å². The van der Waals surface area contributed by atoms with Crippen molar-refractivity contribution in [3.63, 3.8) is 0 Å². The van der Waals surface area contributed by atoms with E-state index in [2.05, 4.69) is 5.32 Å². The molecule has 0 bridgehead atoms. The minimum atomic E-state index is -0.818. The number of rotatable bonds is 7. The quantitative estimate of drug-likeness (QED) is 0.415. The van der Waals surface area contributed by atoms with Crippen molar-refractivity contribution in [2.45, 2.75) is 6.54 Å². The highest BCUT2D eigenvalue weighted by Crippen LogP contribution is 2.31. The van der Waals surface area contributed by atoms with Gasteiger partial charge in [0, 0.05) is 26.7 Å². The minimum absolute atomic E-state index is 0.0111. The van der Waals surface area contributed by atoms with Gasteiger partial charge in [-0.3, -0.25) is 14.9 Å². The fourth-order valence-electron chi connectivity index (χ4n) is 2.89. The van der Waals surface area contributed by atoms with Gasteiger partial charge in [-0.25, -0.2) is 4.79 Å². The maximum atomic E-state index is 12.3. The van der Waals surface area contributed by atoms with Crippen LogP contribution in [0.2, 0.25) is 0 Å². The zero-order valence-electron chi connectivity index (χ0n) is 16.5. The number of carbonyl (C=O) groups is 2. The van der Waals surface area contributed by atoms with E-state index in [-0.39, 0.29) is 23.5 Å². The standard InChI is InChI=1S/C20H21N3O7/c1-21-15-5-4-14(10-16(15)23(26)27)20(25)30-12-19(24)22(2)11-13-3-6-17-18(9-13)29-8-7-28-17/h3-6,9-10,21H,7-8,11-12H2,1-2H3. The summed E-state index contributed by atoms with van der Waals surface area (Å²) in [6.45, 7) is 0.766. The van der Waals surface area contributed by atoms with Gasteiger partial charge in [0.1, 0.15) is 18.9 Å². The second-order valence-corrected chi connectivity index (χ2v) is 6.54. The Hall–Kier alpha value is -3.82. The molecule has 1 amide bonds. The predicted molar refractivity (Wildman–Crippen MR) is 107 cm³/mol. The molecule has 2 aromatic rings. The van der Waals surface area contributed by atoms with Crippen LogP contribution in [0, 0.1) is 10.1 Å². The van der Waals surface area contributed by atoms with Gasteiger partial charge in [0.15, 0.2) is 18.1 Å². The average Bonchev–Trinajstić information content (AvgIpc) is 2.76. The molecule has 158 valence electrons. The van der Waals surface area contributed by atoms with Gasteiger partial charge < -0.3 is 24.4 Å². The van der Waals surface area contributed by atoms with Crippen LogP contribution in [0.1, 0.15) is 15.9 Å². The molecule has 3 rings (SSSR count). The van der Waals surface area contributed by atoms with Crippen molar-refractivity contribution in [2.24, 2.45) is 0 Å². The largest absolute Gasteiger partial charge is 0.486 e. The van der Waals surface area contributed by atoms with Crippen LogP contribution in [0.4, 0.5) is 11.4 Å². The summed E-state index contributed by atoms with van der Waals surface area (Å²) in [5, 5.41) is 13.8. The van der Waals surface area contributed by atoms with Crippen LogP contribution < -0.4 is 14.8 Å². The zero-order chi connectivity index (χ0) is 21.7. The van der Waals surface area contributed by atoms with Crippen LogP contribution in [-0.4, -0.2) is 55.6 Å². The molecule has 1 aliphatic heterocycles. The van der Waals surface area contributed by atoms with Crippen molar-refractivity contribution < 1.29 is 28.7 Å². The van der Waals surface area contributed by atoms with Crippen molar-refractivity contribution in [1.82, 2.24) is 4.90 Å². The molecule has 0 aromatic heterocycles. The van der Waals surface area contributed by atoms with Gasteiger partial charge >= 0.3 is 5.97 Å². The van der Waals surface area contributed by atoms with Crippen molar-refractivity contribution in [3.8, 4) is 11.5 Å². The normalized spacial score (nSPS) is 12.1. The van der Waals surface area contributed by atoms with E-state index >= 15 is 0 Å². The Labute approximate surface area is 172 Å². The smallest absolute Gasteiger partial charge is 0.338 e. The summed E-state index contributed by atoms with van der Waals surface area (Å²) in [7, 11) is 3.12. The highest BCUT2D eigenvalue weighted by Gasteiger charge is 2.20. The Morgan fingerprint density at radius 3 is 2.60 bits per heavy atom. The third-order valence-electron chi connectivity index (χ3n) is 4.48. The summed E-state index contributed by atoms with van der Waals surface area (Å²) < 4.78 is 16.0. The number of esters is 1. The van der Waals surface area contributed by atoms with Gasteiger partial charge in [-0.15, -0.1) is 0 Å². The Bertz CT molecular complexity index is 977. The highest BCUT2D eigenvalue weighted by atomic mass is 16.6. The second kappa shape index (κ2) is 9.12. The Morgan fingerprint density at radius 1 is 1.17 bits per heavy atom. The number of carbonyl (C=O) groups excluding carboxylic acids is 2. The van der Waals surface area contributed by atoms with E-state index in [0.717, 1.165) is 11.6 Å². The minimum Gasteiger partial charge on any atom is -0.486 e. The lowest BCUT2D eigenvalue weighted by Gasteiger charge is -2.21. The van der Waals surface area contributed by atoms with Crippen LogP contribution in [0.15, 0.2) is 36.4 Å². The molecule has 10 nitrogen and oxygen atoms in total. The first-order valence-corrected chi connectivity index (χ1v) is 9.15.